The van der Waals surface area contributed by atoms with Crippen molar-refractivity contribution >= 4 is 49.4 Å². The molecule has 1 atom stereocenters. The Hall–Kier alpha value is -6.44. The van der Waals surface area contributed by atoms with Gasteiger partial charge in [-0.3, -0.25) is 0 Å². The third-order valence-corrected chi connectivity index (χ3v) is 10.5. The summed E-state index contributed by atoms with van der Waals surface area (Å²) < 4.78 is 0. The van der Waals surface area contributed by atoms with Gasteiger partial charge in [0.15, 0.2) is 0 Å². The highest BCUT2D eigenvalue weighted by atomic mass is 15.1. The van der Waals surface area contributed by atoms with Gasteiger partial charge in [-0.15, -0.1) is 0 Å². The molecule has 50 heavy (non-hydrogen) atoms. The largest absolute Gasteiger partial charge is 0.310 e. The molecule has 0 saturated heterocycles. The highest BCUT2D eigenvalue weighted by Gasteiger charge is 2.31. The first-order chi connectivity index (χ1) is 24.8. The van der Waals surface area contributed by atoms with Crippen molar-refractivity contribution in [2.75, 3.05) is 4.90 Å². The standard InChI is InChI=1S/C49H33N/c1-3-13-33(14-4-1)40-19-11-12-22-48(40)50(37-26-23-35-25-28-42-39-18-8-7-15-34(39)24-29-43(42)46(35)31-37)38-27-30-45-47(32-38)41-20-9-10-21-44(41)49(45)36-16-5-2-6-17-36/h1-32,49H. The SMILES string of the molecule is c1ccc(-c2ccccc2N(c2ccc3c(c2)-c2ccccc2C3c2ccccc2)c2ccc3ccc4c5ccccc5ccc4c3c2)cc1. The second-order valence-corrected chi connectivity index (χ2v) is 13.3. The molecule has 0 bridgehead atoms. The van der Waals surface area contributed by atoms with Crippen molar-refractivity contribution in [1.29, 1.82) is 0 Å². The molecule has 0 amide bonds. The van der Waals surface area contributed by atoms with Gasteiger partial charge in [-0.05, 0) is 96.0 Å². The van der Waals surface area contributed by atoms with Crippen molar-refractivity contribution in [2.45, 2.75) is 5.92 Å². The smallest absolute Gasteiger partial charge is 0.0540 e. The van der Waals surface area contributed by atoms with E-state index in [2.05, 4.69) is 199 Å². The lowest BCUT2D eigenvalue weighted by Crippen LogP contribution is -2.11. The Bertz CT molecular complexity index is 2710. The zero-order valence-corrected chi connectivity index (χ0v) is 27.5. The third-order valence-electron chi connectivity index (χ3n) is 10.5. The van der Waals surface area contributed by atoms with Crippen LogP contribution in [0.3, 0.4) is 0 Å². The van der Waals surface area contributed by atoms with Gasteiger partial charge in [-0.25, -0.2) is 0 Å². The van der Waals surface area contributed by atoms with Crippen molar-refractivity contribution in [3.05, 3.63) is 211 Å². The van der Waals surface area contributed by atoms with E-state index in [1.54, 1.807) is 0 Å². The number of hydrogen-bond acceptors (Lipinski definition) is 1. The Morgan fingerprint density at radius 1 is 0.340 bits per heavy atom. The second-order valence-electron chi connectivity index (χ2n) is 13.3. The Labute approximate surface area is 292 Å². The van der Waals surface area contributed by atoms with Crippen molar-refractivity contribution in [3.63, 3.8) is 0 Å². The molecule has 1 nitrogen and oxygen atoms in total. The van der Waals surface area contributed by atoms with Gasteiger partial charge in [0, 0.05) is 22.9 Å². The van der Waals surface area contributed by atoms with Gasteiger partial charge >= 0.3 is 0 Å². The molecule has 9 aromatic carbocycles. The van der Waals surface area contributed by atoms with Crippen LogP contribution in [0.25, 0.3) is 54.6 Å². The highest BCUT2D eigenvalue weighted by Crippen LogP contribution is 2.51. The van der Waals surface area contributed by atoms with Gasteiger partial charge in [0.05, 0.1) is 5.69 Å². The molecule has 0 heterocycles. The van der Waals surface area contributed by atoms with Gasteiger partial charge in [-0.2, -0.15) is 0 Å². The molecule has 1 aliphatic carbocycles. The lowest BCUT2D eigenvalue weighted by Gasteiger charge is -2.29. The molecule has 0 saturated carbocycles. The molecule has 0 aromatic heterocycles. The lowest BCUT2D eigenvalue weighted by atomic mass is 9.89. The Morgan fingerprint density at radius 3 is 1.76 bits per heavy atom. The van der Waals surface area contributed by atoms with Crippen LogP contribution in [0.4, 0.5) is 17.1 Å². The third kappa shape index (κ3) is 4.55. The summed E-state index contributed by atoms with van der Waals surface area (Å²) in [5, 5.41) is 7.60. The number of anilines is 3. The maximum absolute atomic E-state index is 2.46. The summed E-state index contributed by atoms with van der Waals surface area (Å²) in [5.41, 5.74) is 12.5. The highest BCUT2D eigenvalue weighted by molar-refractivity contribution is 6.18. The van der Waals surface area contributed by atoms with Crippen LogP contribution in [-0.4, -0.2) is 0 Å². The van der Waals surface area contributed by atoms with Crippen molar-refractivity contribution in [3.8, 4) is 22.3 Å². The zero-order valence-electron chi connectivity index (χ0n) is 27.5. The molecule has 0 fully saturated rings. The van der Waals surface area contributed by atoms with Gasteiger partial charge in [0.2, 0.25) is 0 Å². The van der Waals surface area contributed by atoms with Crippen LogP contribution in [0, 0.1) is 0 Å². The fraction of sp³-hybridized carbons (Fsp3) is 0.0204. The molecule has 1 unspecified atom stereocenters. The molecule has 1 aliphatic rings. The van der Waals surface area contributed by atoms with Gasteiger partial charge in [-0.1, -0.05) is 164 Å². The van der Waals surface area contributed by atoms with E-state index in [0.717, 1.165) is 17.1 Å². The Kier molecular flexibility index (Phi) is 6.63. The fourth-order valence-corrected chi connectivity index (χ4v) is 8.24. The second kappa shape index (κ2) is 11.6. The number of nitrogens with zero attached hydrogens (tertiary/aromatic N) is 1. The minimum absolute atomic E-state index is 0.211. The summed E-state index contributed by atoms with van der Waals surface area (Å²) in [7, 11) is 0. The number of rotatable bonds is 5. The molecular formula is C49H33N. The average Bonchev–Trinajstić information content (AvgIpc) is 3.52. The molecule has 0 aliphatic heterocycles. The predicted molar refractivity (Wildman–Crippen MR) is 212 cm³/mol. The minimum Gasteiger partial charge on any atom is -0.310 e. The molecule has 1 heteroatoms. The van der Waals surface area contributed by atoms with Crippen LogP contribution in [-0.2, 0) is 0 Å². The number of para-hydroxylation sites is 1. The average molecular weight is 636 g/mol. The minimum atomic E-state index is 0.211. The lowest BCUT2D eigenvalue weighted by molar-refractivity contribution is 1.01. The molecule has 10 rings (SSSR count). The fourth-order valence-electron chi connectivity index (χ4n) is 8.24. The topological polar surface area (TPSA) is 3.24 Å². The van der Waals surface area contributed by atoms with E-state index in [-0.39, 0.29) is 5.92 Å². The van der Waals surface area contributed by atoms with E-state index in [1.807, 2.05) is 0 Å². The van der Waals surface area contributed by atoms with E-state index in [9.17, 15) is 0 Å². The molecule has 0 radical (unpaired) electrons. The van der Waals surface area contributed by atoms with Crippen LogP contribution in [0.15, 0.2) is 194 Å². The van der Waals surface area contributed by atoms with Crippen molar-refractivity contribution in [1.82, 2.24) is 0 Å². The molecule has 234 valence electrons. The molecule has 0 spiro atoms. The van der Waals surface area contributed by atoms with Crippen LogP contribution in [0.1, 0.15) is 22.6 Å². The van der Waals surface area contributed by atoms with E-state index >= 15 is 0 Å². The quantitative estimate of drug-likeness (QED) is 0.170. The maximum atomic E-state index is 2.46. The first-order valence-electron chi connectivity index (χ1n) is 17.4. The maximum Gasteiger partial charge on any atom is 0.0540 e. The van der Waals surface area contributed by atoms with Crippen molar-refractivity contribution < 1.29 is 0 Å². The van der Waals surface area contributed by atoms with E-state index in [4.69, 9.17) is 0 Å². The monoisotopic (exact) mass is 635 g/mol. The number of hydrogen-bond donors (Lipinski definition) is 0. The number of fused-ring (bicyclic) bond motifs is 8. The van der Waals surface area contributed by atoms with Gasteiger partial charge in [0.25, 0.3) is 0 Å². The van der Waals surface area contributed by atoms with Crippen molar-refractivity contribution in [2.24, 2.45) is 0 Å². The summed E-state index contributed by atoms with van der Waals surface area (Å²) in [5.74, 6) is 0.211. The van der Waals surface area contributed by atoms with Crippen LogP contribution < -0.4 is 4.90 Å². The van der Waals surface area contributed by atoms with E-state index in [1.165, 1.54) is 71.3 Å². The summed E-state index contributed by atoms with van der Waals surface area (Å²) in [6.07, 6.45) is 0. The summed E-state index contributed by atoms with van der Waals surface area (Å²) >= 11 is 0. The first-order valence-corrected chi connectivity index (χ1v) is 17.4. The Balaban J connectivity index is 1.22. The molecule has 9 aromatic rings. The zero-order chi connectivity index (χ0) is 33.0. The molecular weight excluding hydrogens is 603 g/mol. The van der Waals surface area contributed by atoms with Crippen LogP contribution in [0.5, 0.6) is 0 Å². The number of benzene rings is 9. The van der Waals surface area contributed by atoms with Crippen LogP contribution >= 0.6 is 0 Å². The Morgan fingerprint density at radius 2 is 0.920 bits per heavy atom. The normalized spacial score (nSPS) is 13.4. The molecule has 0 N–H and O–H groups in total. The van der Waals surface area contributed by atoms with Crippen LogP contribution in [0.2, 0.25) is 0 Å². The van der Waals surface area contributed by atoms with E-state index in [0.29, 0.717) is 0 Å². The van der Waals surface area contributed by atoms with Gasteiger partial charge < -0.3 is 4.90 Å². The summed E-state index contributed by atoms with van der Waals surface area (Å²) in [6, 6.07) is 71.3. The summed E-state index contributed by atoms with van der Waals surface area (Å²) in [4.78, 5) is 2.46. The predicted octanol–water partition coefficient (Wildman–Crippen LogP) is 13.4. The van der Waals surface area contributed by atoms with Gasteiger partial charge in [0.1, 0.15) is 0 Å². The van der Waals surface area contributed by atoms with E-state index < -0.39 is 0 Å². The first kappa shape index (κ1) is 28.6. The summed E-state index contributed by atoms with van der Waals surface area (Å²) in [6.45, 7) is 0.